The van der Waals surface area contributed by atoms with E-state index in [2.05, 4.69) is 33.6 Å². The summed E-state index contributed by atoms with van der Waals surface area (Å²) in [5, 5.41) is 3.46. The van der Waals surface area contributed by atoms with Gasteiger partial charge in [-0.2, -0.15) is 0 Å². The fraction of sp³-hybridized carbons (Fsp3) is 0.810. The van der Waals surface area contributed by atoms with Crippen molar-refractivity contribution in [1.82, 2.24) is 19.8 Å². The number of hydrogen-bond donors (Lipinski definition) is 1. The van der Waals surface area contributed by atoms with Gasteiger partial charge in [0.1, 0.15) is 5.82 Å². The van der Waals surface area contributed by atoms with Crippen molar-refractivity contribution in [3.05, 3.63) is 18.2 Å². The number of amides is 1. The molecule has 4 rings (SSSR count). The summed E-state index contributed by atoms with van der Waals surface area (Å²) in [6, 6.07) is 0.387. The van der Waals surface area contributed by atoms with Crippen LogP contribution in [0.15, 0.2) is 12.4 Å². The lowest BCUT2D eigenvalue weighted by atomic mass is 9.93. The molecule has 1 N–H and O–H groups in total. The average molecular weight is 411 g/mol. The van der Waals surface area contributed by atoms with Gasteiger partial charge in [0, 0.05) is 31.4 Å². The molecule has 3 unspecified atom stereocenters. The van der Waals surface area contributed by atoms with Crippen LogP contribution in [0.3, 0.4) is 0 Å². The van der Waals surface area contributed by atoms with Gasteiger partial charge in [0.2, 0.25) is 5.91 Å². The second-order valence-corrected chi connectivity index (χ2v) is 8.67. The molecule has 28 heavy (non-hydrogen) atoms. The molecule has 1 aromatic rings. The van der Waals surface area contributed by atoms with Crippen LogP contribution < -0.4 is 5.32 Å². The van der Waals surface area contributed by atoms with Crippen molar-refractivity contribution in [2.45, 2.75) is 90.1 Å². The minimum Gasteiger partial charge on any atom is -0.375 e. The number of ether oxygens (including phenoxy) is 1. The number of imidazole rings is 1. The van der Waals surface area contributed by atoms with Gasteiger partial charge in [0.25, 0.3) is 0 Å². The maximum absolute atomic E-state index is 13.2. The third kappa shape index (κ3) is 4.55. The van der Waals surface area contributed by atoms with E-state index in [1.807, 2.05) is 12.4 Å². The van der Waals surface area contributed by atoms with E-state index in [0.717, 1.165) is 51.1 Å². The Hall–Kier alpha value is -1.11. The van der Waals surface area contributed by atoms with Crippen molar-refractivity contribution in [2.75, 3.05) is 13.1 Å². The zero-order valence-electron chi connectivity index (χ0n) is 17.2. The van der Waals surface area contributed by atoms with E-state index in [-0.39, 0.29) is 24.4 Å². The predicted octanol–water partition coefficient (Wildman–Crippen LogP) is 3.14. The first-order valence-electron chi connectivity index (χ1n) is 10.8. The fourth-order valence-electron chi connectivity index (χ4n) is 5.06. The first-order valence-corrected chi connectivity index (χ1v) is 10.8. The molecule has 0 aromatic carbocycles. The second-order valence-electron chi connectivity index (χ2n) is 8.67. The number of halogens is 1. The Morgan fingerprint density at radius 2 is 2.18 bits per heavy atom. The molecule has 3 aliphatic rings. The van der Waals surface area contributed by atoms with Gasteiger partial charge in [-0.1, -0.05) is 0 Å². The van der Waals surface area contributed by atoms with Gasteiger partial charge < -0.3 is 19.5 Å². The Morgan fingerprint density at radius 3 is 2.86 bits per heavy atom. The van der Waals surface area contributed by atoms with Crippen LogP contribution in [0.25, 0.3) is 0 Å². The minimum absolute atomic E-state index is 0. The normalized spacial score (nSPS) is 28.1. The van der Waals surface area contributed by atoms with Crippen LogP contribution in [-0.4, -0.2) is 51.7 Å². The number of aromatic nitrogens is 2. The van der Waals surface area contributed by atoms with Crippen LogP contribution in [0.1, 0.15) is 64.6 Å². The molecular formula is C21H35ClN4O2. The minimum atomic E-state index is 0. The van der Waals surface area contributed by atoms with E-state index < -0.39 is 0 Å². The van der Waals surface area contributed by atoms with Crippen LogP contribution in [0.2, 0.25) is 0 Å². The zero-order chi connectivity index (χ0) is 18.9. The lowest BCUT2D eigenvalue weighted by molar-refractivity contribution is -0.134. The molecule has 1 aromatic heterocycles. The summed E-state index contributed by atoms with van der Waals surface area (Å²) in [5.74, 6) is 1.29. The van der Waals surface area contributed by atoms with E-state index >= 15 is 0 Å². The third-order valence-corrected chi connectivity index (χ3v) is 6.90. The molecule has 3 fully saturated rings. The Bertz CT molecular complexity index is 659. The SMILES string of the molecule is CCn1ccnc1CN(C(=O)CCC1CCC(C)O1)C1CC12CCNCC2.Cl. The Kier molecular flexibility index (Phi) is 7.05. The quantitative estimate of drug-likeness (QED) is 0.750. The fourth-order valence-corrected chi connectivity index (χ4v) is 5.06. The number of nitrogens with one attached hydrogen (secondary N) is 1. The Morgan fingerprint density at radius 1 is 1.39 bits per heavy atom. The van der Waals surface area contributed by atoms with Crippen LogP contribution in [0, 0.1) is 5.41 Å². The lowest BCUT2D eigenvalue weighted by Crippen LogP contribution is -2.39. The molecule has 0 bridgehead atoms. The molecule has 1 amide bonds. The maximum Gasteiger partial charge on any atom is 0.223 e. The van der Waals surface area contributed by atoms with Gasteiger partial charge in [0.05, 0.1) is 18.8 Å². The predicted molar refractivity (Wildman–Crippen MR) is 111 cm³/mol. The van der Waals surface area contributed by atoms with Crippen LogP contribution in [0.5, 0.6) is 0 Å². The molecule has 6 nitrogen and oxygen atoms in total. The molecular weight excluding hydrogens is 376 g/mol. The topological polar surface area (TPSA) is 59.4 Å². The number of hydrogen-bond acceptors (Lipinski definition) is 4. The Balaban J connectivity index is 0.00000225. The van der Waals surface area contributed by atoms with Crippen molar-refractivity contribution in [3.63, 3.8) is 0 Å². The van der Waals surface area contributed by atoms with Gasteiger partial charge in [-0.15, -0.1) is 12.4 Å². The van der Waals surface area contributed by atoms with Gasteiger partial charge >= 0.3 is 0 Å². The molecule has 7 heteroatoms. The summed E-state index contributed by atoms with van der Waals surface area (Å²) in [5.41, 5.74) is 0.350. The van der Waals surface area contributed by atoms with Crippen molar-refractivity contribution >= 4 is 18.3 Å². The maximum atomic E-state index is 13.2. The van der Waals surface area contributed by atoms with E-state index in [9.17, 15) is 4.79 Å². The van der Waals surface area contributed by atoms with Crippen LogP contribution in [-0.2, 0) is 22.6 Å². The van der Waals surface area contributed by atoms with E-state index in [0.29, 0.717) is 30.5 Å². The molecule has 0 radical (unpaired) electrons. The van der Waals surface area contributed by atoms with Crippen LogP contribution in [0.4, 0.5) is 0 Å². The van der Waals surface area contributed by atoms with Crippen LogP contribution >= 0.6 is 12.4 Å². The highest BCUT2D eigenvalue weighted by molar-refractivity contribution is 5.85. The number of aryl methyl sites for hydroxylation is 1. The van der Waals surface area contributed by atoms with E-state index in [4.69, 9.17) is 4.74 Å². The number of carbonyl (C=O) groups excluding carboxylic acids is 1. The highest BCUT2D eigenvalue weighted by atomic mass is 35.5. The van der Waals surface area contributed by atoms with Gasteiger partial charge in [-0.25, -0.2) is 4.98 Å². The van der Waals surface area contributed by atoms with Crippen molar-refractivity contribution in [3.8, 4) is 0 Å². The summed E-state index contributed by atoms with van der Waals surface area (Å²) >= 11 is 0. The van der Waals surface area contributed by atoms with Gasteiger partial charge in [-0.3, -0.25) is 4.79 Å². The number of piperidine rings is 1. The lowest BCUT2D eigenvalue weighted by Gasteiger charge is -2.30. The number of rotatable bonds is 7. The summed E-state index contributed by atoms with van der Waals surface area (Å²) < 4.78 is 8.08. The summed E-state index contributed by atoms with van der Waals surface area (Å²) in [7, 11) is 0. The average Bonchev–Trinajstić information content (AvgIpc) is 3.02. The molecule has 3 atom stereocenters. The molecule has 1 saturated carbocycles. The highest BCUT2D eigenvalue weighted by Crippen LogP contribution is 2.56. The molecule has 1 spiro atoms. The molecule has 1 aliphatic carbocycles. The molecule has 2 saturated heterocycles. The molecule has 3 heterocycles. The van der Waals surface area contributed by atoms with E-state index in [1.54, 1.807) is 0 Å². The smallest absolute Gasteiger partial charge is 0.223 e. The summed E-state index contributed by atoms with van der Waals surface area (Å²) in [6.07, 6.45) is 11.7. The standard InChI is InChI=1S/C21H34N4O2.ClH/c1-3-24-13-12-23-19(24)15-25(18-14-21(18)8-10-22-11-9-21)20(26)7-6-17-5-4-16(2)27-17;/h12-13,16-18,22H,3-11,14-15H2,1-2H3;1H. The van der Waals surface area contributed by atoms with E-state index in [1.165, 1.54) is 12.8 Å². The second kappa shape index (κ2) is 9.14. The summed E-state index contributed by atoms with van der Waals surface area (Å²) in [6.45, 7) is 7.95. The monoisotopic (exact) mass is 410 g/mol. The first-order chi connectivity index (χ1) is 13.1. The largest absolute Gasteiger partial charge is 0.375 e. The Labute approximate surface area is 174 Å². The zero-order valence-corrected chi connectivity index (χ0v) is 18.0. The number of nitrogens with zero attached hydrogens (tertiary/aromatic N) is 3. The first kappa shape index (κ1) is 21.6. The highest BCUT2D eigenvalue weighted by Gasteiger charge is 2.57. The number of carbonyl (C=O) groups is 1. The van der Waals surface area contributed by atoms with Crippen molar-refractivity contribution in [2.24, 2.45) is 5.41 Å². The van der Waals surface area contributed by atoms with Crippen molar-refractivity contribution in [1.29, 1.82) is 0 Å². The molecule has 158 valence electrons. The third-order valence-electron chi connectivity index (χ3n) is 6.90. The van der Waals surface area contributed by atoms with Gasteiger partial charge in [0.15, 0.2) is 0 Å². The van der Waals surface area contributed by atoms with Crippen molar-refractivity contribution < 1.29 is 9.53 Å². The van der Waals surface area contributed by atoms with Gasteiger partial charge in [-0.05, 0) is 70.9 Å². The molecule has 2 aliphatic heterocycles. The summed E-state index contributed by atoms with van der Waals surface area (Å²) in [4.78, 5) is 19.9.